The largest absolute Gasteiger partial charge is 0.293 e. The Morgan fingerprint density at radius 1 is 1.00 bits per heavy atom. The van der Waals surface area contributed by atoms with Gasteiger partial charge in [0.2, 0.25) is 0 Å². The molecule has 1 aliphatic rings. The van der Waals surface area contributed by atoms with Crippen molar-refractivity contribution in [3.8, 4) is 0 Å². The summed E-state index contributed by atoms with van der Waals surface area (Å²) in [5, 5.41) is -1.78. The number of rotatable bonds is 0. The summed E-state index contributed by atoms with van der Waals surface area (Å²) in [6.45, 7) is 0. The van der Waals surface area contributed by atoms with E-state index in [1.165, 1.54) is 0 Å². The standard InChI is InChI=1S/C6H4Cl2O2/c7-5-3(9)1-2-4(10)6(5)8/h1-2,5-6H/t5-,6-/m0/s1. The molecule has 4 heteroatoms. The van der Waals surface area contributed by atoms with Crippen LogP contribution in [0.2, 0.25) is 0 Å². The lowest BCUT2D eigenvalue weighted by molar-refractivity contribution is -0.120. The van der Waals surface area contributed by atoms with Crippen molar-refractivity contribution in [1.29, 1.82) is 0 Å². The molecule has 2 nitrogen and oxygen atoms in total. The van der Waals surface area contributed by atoms with Crippen LogP contribution in [0, 0.1) is 0 Å². The van der Waals surface area contributed by atoms with E-state index in [0.717, 1.165) is 12.2 Å². The van der Waals surface area contributed by atoms with Crippen LogP contribution in [0.3, 0.4) is 0 Å². The quantitative estimate of drug-likeness (QED) is 0.518. The zero-order chi connectivity index (χ0) is 7.72. The normalized spacial score (nSPS) is 33.0. The highest BCUT2D eigenvalue weighted by Crippen LogP contribution is 2.17. The predicted octanol–water partition coefficient (Wildman–Crippen LogP) is 0.909. The first-order chi connectivity index (χ1) is 4.63. The van der Waals surface area contributed by atoms with Crippen LogP contribution in [0.25, 0.3) is 0 Å². The summed E-state index contributed by atoms with van der Waals surface area (Å²) in [7, 11) is 0. The molecular formula is C6H4Cl2O2. The minimum atomic E-state index is -0.890. The van der Waals surface area contributed by atoms with Gasteiger partial charge in [0.15, 0.2) is 11.6 Å². The van der Waals surface area contributed by atoms with Gasteiger partial charge in [0, 0.05) is 0 Å². The molecular weight excluding hydrogens is 175 g/mol. The lowest BCUT2D eigenvalue weighted by Gasteiger charge is -2.13. The van der Waals surface area contributed by atoms with Crippen molar-refractivity contribution in [3.05, 3.63) is 12.2 Å². The Kier molecular flexibility index (Phi) is 2.11. The van der Waals surface area contributed by atoms with Crippen LogP contribution in [0.15, 0.2) is 12.2 Å². The van der Waals surface area contributed by atoms with Crippen molar-refractivity contribution in [1.82, 2.24) is 0 Å². The summed E-state index contributed by atoms with van der Waals surface area (Å²) in [6.07, 6.45) is 2.30. The molecule has 0 amide bonds. The van der Waals surface area contributed by atoms with E-state index in [1.54, 1.807) is 0 Å². The van der Waals surface area contributed by atoms with E-state index in [1.807, 2.05) is 0 Å². The SMILES string of the molecule is O=C1C=CC(=O)[C@H](Cl)[C@H]1Cl. The van der Waals surface area contributed by atoms with E-state index in [2.05, 4.69) is 0 Å². The van der Waals surface area contributed by atoms with Gasteiger partial charge in [0.05, 0.1) is 0 Å². The first-order valence-electron chi connectivity index (χ1n) is 2.67. The molecule has 0 radical (unpaired) electrons. The van der Waals surface area contributed by atoms with Crippen LogP contribution in [0.4, 0.5) is 0 Å². The minimum Gasteiger partial charge on any atom is -0.293 e. The third kappa shape index (κ3) is 1.22. The monoisotopic (exact) mass is 178 g/mol. The van der Waals surface area contributed by atoms with E-state index in [-0.39, 0.29) is 11.6 Å². The number of carbonyl (C=O) groups excluding carboxylic acids is 2. The van der Waals surface area contributed by atoms with Gasteiger partial charge in [-0.15, -0.1) is 23.2 Å². The highest BCUT2D eigenvalue weighted by molar-refractivity contribution is 6.46. The Labute approximate surface area is 67.8 Å². The van der Waals surface area contributed by atoms with Crippen LogP contribution in [-0.4, -0.2) is 22.3 Å². The van der Waals surface area contributed by atoms with E-state index >= 15 is 0 Å². The van der Waals surface area contributed by atoms with Crippen molar-refractivity contribution in [3.63, 3.8) is 0 Å². The fraction of sp³-hybridized carbons (Fsp3) is 0.333. The molecule has 1 rings (SSSR count). The van der Waals surface area contributed by atoms with Crippen molar-refractivity contribution in [2.45, 2.75) is 10.8 Å². The molecule has 54 valence electrons. The van der Waals surface area contributed by atoms with Crippen LogP contribution in [-0.2, 0) is 9.59 Å². The van der Waals surface area contributed by atoms with Crippen molar-refractivity contribution in [2.24, 2.45) is 0 Å². The zero-order valence-corrected chi connectivity index (χ0v) is 6.39. The Balaban J connectivity index is 2.89. The van der Waals surface area contributed by atoms with E-state index in [9.17, 15) is 9.59 Å². The maximum Gasteiger partial charge on any atom is 0.175 e. The number of alkyl halides is 2. The van der Waals surface area contributed by atoms with Gasteiger partial charge in [-0.2, -0.15) is 0 Å². The molecule has 10 heavy (non-hydrogen) atoms. The number of halogens is 2. The maximum absolute atomic E-state index is 10.7. The smallest absolute Gasteiger partial charge is 0.175 e. The van der Waals surface area contributed by atoms with E-state index < -0.39 is 10.8 Å². The Bertz CT molecular complexity index is 188. The second-order valence-electron chi connectivity index (χ2n) is 1.94. The second-order valence-corrected chi connectivity index (χ2v) is 2.88. The summed E-state index contributed by atoms with van der Waals surface area (Å²) in [4.78, 5) is 21.4. The molecule has 0 N–H and O–H groups in total. The van der Waals surface area contributed by atoms with Gasteiger partial charge in [-0.3, -0.25) is 9.59 Å². The topological polar surface area (TPSA) is 34.1 Å². The maximum atomic E-state index is 10.7. The molecule has 0 spiro atoms. The molecule has 0 aromatic carbocycles. The lowest BCUT2D eigenvalue weighted by atomic mass is 10.0. The van der Waals surface area contributed by atoms with Crippen LogP contribution >= 0.6 is 23.2 Å². The fourth-order valence-electron chi connectivity index (χ4n) is 0.637. The summed E-state index contributed by atoms with van der Waals surface area (Å²) in [5.74, 6) is -0.609. The number of hydrogen-bond acceptors (Lipinski definition) is 2. The van der Waals surface area contributed by atoms with E-state index in [0.29, 0.717) is 0 Å². The highest BCUT2D eigenvalue weighted by atomic mass is 35.5. The minimum absolute atomic E-state index is 0.304. The van der Waals surface area contributed by atoms with E-state index in [4.69, 9.17) is 23.2 Å². The number of carbonyl (C=O) groups is 2. The molecule has 0 saturated carbocycles. The molecule has 2 atom stereocenters. The first kappa shape index (κ1) is 7.76. The zero-order valence-electron chi connectivity index (χ0n) is 4.88. The molecule has 0 aliphatic heterocycles. The Morgan fingerprint density at radius 3 is 1.60 bits per heavy atom. The molecule has 0 saturated heterocycles. The first-order valence-corrected chi connectivity index (χ1v) is 3.54. The molecule has 0 aromatic rings. The van der Waals surface area contributed by atoms with Crippen molar-refractivity contribution in [2.75, 3.05) is 0 Å². The van der Waals surface area contributed by atoms with Gasteiger partial charge in [0.25, 0.3) is 0 Å². The fourth-order valence-corrected chi connectivity index (χ4v) is 1.03. The van der Waals surface area contributed by atoms with Gasteiger partial charge in [-0.1, -0.05) is 0 Å². The number of hydrogen-bond donors (Lipinski definition) is 0. The Hall–Kier alpha value is -0.340. The summed E-state index contributed by atoms with van der Waals surface area (Å²) >= 11 is 10.9. The molecule has 0 unspecified atom stereocenters. The molecule has 0 aromatic heterocycles. The average molecular weight is 179 g/mol. The Morgan fingerprint density at radius 2 is 1.30 bits per heavy atom. The molecule has 0 heterocycles. The van der Waals surface area contributed by atoms with Gasteiger partial charge in [0.1, 0.15) is 10.8 Å². The van der Waals surface area contributed by atoms with Crippen molar-refractivity contribution >= 4 is 34.8 Å². The lowest BCUT2D eigenvalue weighted by Crippen LogP contribution is -2.33. The van der Waals surface area contributed by atoms with Crippen LogP contribution in [0.5, 0.6) is 0 Å². The second kappa shape index (κ2) is 2.72. The highest BCUT2D eigenvalue weighted by Gasteiger charge is 2.30. The summed E-state index contributed by atoms with van der Waals surface area (Å²) in [5.41, 5.74) is 0. The van der Waals surface area contributed by atoms with Crippen LogP contribution in [0.1, 0.15) is 0 Å². The number of ketones is 2. The van der Waals surface area contributed by atoms with Gasteiger partial charge < -0.3 is 0 Å². The third-order valence-electron chi connectivity index (χ3n) is 1.21. The third-order valence-corrected chi connectivity index (χ3v) is 2.28. The van der Waals surface area contributed by atoms with Gasteiger partial charge in [-0.25, -0.2) is 0 Å². The molecule has 0 bridgehead atoms. The summed E-state index contributed by atoms with van der Waals surface area (Å²) in [6, 6.07) is 0. The molecule has 1 aliphatic carbocycles. The summed E-state index contributed by atoms with van der Waals surface area (Å²) < 4.78 is 0. The average Bonchev–Trinajstić information content (AvgIpc) is 1.93. The number of allylic oxidation sites excluding steroid dienone is 2. The van der Waals surface area contributed by atoms with Crippen LogP contribution < -0.4 is 0 Å². The van der Waals surface area contributed by atoms with Gasteiger partial charge in [-0.05, 0) is 12.2 Å². The van der Waals surface area contributed by atoms with Gasteiger partial charge >= 0.3 is 0 Å². The van der Waals surface area contributed by atoms with Crippen molar-refractivity contribution < 1.29 is 9.59 Å². The predicted molar refractivity (Wildman–Crippen MR) is 38.4 cm³/mol. The molecule has 0 fully saturated rings.